The summed E-state index contributed by atoms with van der Waals surface area (Å²) in [7, 11) is 0. The molecule has 2 rings (SSSR count). The van der Waals surface area contributed by atoms with E-state index in [1.165, 1.54) is 48.5 Å². The van der Waals surface area contributed by atoms with Gasteiger partial charge in [-0.05, 0) is 37.1 Å². The smallest absolute Gasteiger partial charge is 0.338 e. The quantitative estimate of drug-likeness (QED) is 0.121. The summed E-state index contributed by atoms with van der Waals surface area (Å²) in [6, 6.07) is 10.7. The Morgan fingerprint density at radius 1 is 0.543 bits per heavy atom. The molecule has 2 aromatic carbocycles. The number of non-ortho nitro benzene ring substituents is 2. The van der Waals surface area contributed by atoms with Gasteiger partial charge in [0, 0.05) is 24.3 Å². The number of nitrogens with zero attached hydrogens (tertiary/aromatic N) is 2. The highest BCUT2D eigenvalue weighted by Gasteiger charge is 2.11. The van der Waals surface area contributed by atoms with Crippen molar-refractivity contribution in [3.63, 3.8) is 0 Å². The molecule has 0 aliphatic rings. The minimum absolute atomic E-state index is 0.0651. The van der Waals surface area contributed by atoms with Crippen LogP contribution in [0.25, 0.3) is 0 Å². The summed E-state index contributed by atoms with van der Waals surface area (Å²) in [5.41, 5.74) is 0.475. The van der Waals surface area contributed by atoms with Gasteiger partial charge in [0.15, 0.2) is 0 Å². The van der Waals surface area contributed by atoms with Crippen LogP contribution < -0.4 is 0 Å². The molecular formula is C25H30N2O8. The molecule has 0 aliphatic carbocycles. The van der Waals surface area contributed by atoms with Crippen LogP contribution in [0.15, 0.2) is 48.5 Å². The number of ether oxygens (including phenoxy) is 2. The monoisotopic (exact) mass is 486 g/mol. The summed E-state index contributed by atoms with van der Waals surface area (Å²) in [5, 5.41) is 21.3. The molecule has 188 valence electrons. The van der Waals surface area contributed by atoms with E-state index in [-0.39, 0.29) is 11.4 Å². The maximum absolute atomic E-state index is 11.9. The summed E-state index contributed by atoms with van der Waals surface area (Å²) < 4.78 is 10.4. The van der Waals surface area contributed by atoms with Crippen molar-refractivity contribution in [1.29, 1.82) is 0 Å². The number of rotatable bonds is 16. The number of nitro groups is 2. The Bertz CT molecular complexity index is 894. The molecule has 0 unspecified atom stereocenters. The number of benzene rings is 2. The normalized spacial score (nSPS) is 10.5. The van der Waals surface area contributed by atoms with E-state index in [1.54, 1.807) is 0 Å². The fraction of sp³-hybridized carbons (Fsp3) is 0.440. The van der Waals surface area contributed by atoms with Gasteiger partial charge in [-0.2, -0.15) is 0 Å². The number of hydrogen-bond donors (Lipinski definition) is 0. The van der Waals surface area contributed by atoms with Crippen LogP contribution in [0.2, 0.25) is 0 Å². The van der Waals surface area contributed by atoms with E-state index in [0.29, 0.717) is 24.3 Å². The summed E-state index contributed by atoms with van der Waals surface area (Å²) >= 11 is 0. The third-order valence-corrected chi connectivity index (χ3v) is 5.38. The molecule has 10 nitrogen and oxygen atoms in total. The lowest BCUT2D eigenvalue weighted by molar-refractivity contribution is -0.385. The van der Waals surface area contributed by atoms with Crippen LogP contribution in [0.5, 0.6) is 0 Å². The third-order valence-electron chi connectivity index (χ3n) is 5.38. The zero-order valence-corrected chi connectivity index (χ0v) is 19.6. The number of unbranched alkanes of at least 4 members (excludes halogenated alkanes) is 8. The minimum Gasteiger partial charge on any atom is -0.462 e. The second-order valence-corrected chi connectivity index (χ2v) is 8.06. The van der Waals surface area contributed by atoms with Crippen molar-refractivity contribution in [2.75, 3.05) is 13.2 Å². The molecule has 2 aromatic rings. The lowest BCUT2D eigenvalue weighted by atomic mass is 10.1. The van der Waals surface area contributed by atoms with Gasteiger partial charge in [0.1, 0.15) is 0 Å². The first-order valence-corrected chi connectivity index (χ1v) is 11.7. The van der Waals surface area contributed by atoms with E-state index in [0.717, 1.165) is 57.8 Å². The van der Waals surface area contributed by atoms with Gasteiger partial charge in [0.2, 0.25) is 0 Å². The Balaban J connectivity index is 1.41. The van der Waals surface area contributed by atoms with Crippen molar-refractivity contribution >= 4 is 23.3 Å². The van der Waals surface area contributed by atoms with Gasteiger partial charge < -0.3 is 9.47 Å². The molecule has 0 saturated carbocycles. The second kappa shape index (κ2) is 15.2. The highest BCUT2D eigenvalue weighted by atomic mass is 16.6. The summed E-state index contributed by atoms with van der Waals surface area (Å²) in [6.45, 7) is 0.656. The topological polar surface area (TPSA) is 139 Å². The standard InChI is InChI=1S/C25H30N2O8/c28-24(20-10-14-22(15-11-20)26(30)31)34-18-8-6-4-2-1-3-5-7-9-19-35-25(29)21-12-16-23(17-13-21)27(32)33/h10-17H,1-9,18-19H2. The minimum atomic E-state index is -0.515. The van der Waals surface area contributed by atoms with E-state index in [9.17, 15) is 29.8 Å². The van der Waals surface area contributed by atoms with Crippen molar-refractivity contribution in [3.05, 3.63) is 79.9 Å². The molecule has 0 N–H and O–H groups in total. The van der Waals surface area contributed by atoms with Crippen LogP contribution in [0.3, 0.4) is 0 Å². The molecular weight excluding hydrogens is 456 g/mol. The van der Waals surface area contributed by atoms with Crippen molar-refractivity contribution in [2.45, 2.75) is 57.8 Å². The first-order chi connectivity index (χ1) is 16.9. The Kier molecular flexibility index (Phi) is 11.9. The van der Waals surface area contributed by atoms with Crippen LogP contribution in [-0.2, 0) is 9.47 Å². The number of carbonyl (C=O) groups is 2. The highest BCUT2D eigenvalue weighted by Crippen LogP contribution is 2.15. The van der Waals surface area contributed by atoms with Gasteiger partial charge in [-0.15, -0.1) is 0 Å². The average Bonchev–Trinajstić information content (AvgIpc) is 2.86. The maximum atomic E-state index is 11.9. The number of esters is 2. The average molecular weight is 487 g/mol. The Morgan fingerprint density at radius 2 is 0.829 bits per heavy atom. The highest BCUT2D eigenvalue weighted by molar-refractivity contribution is 5.90. The molecule has 35 heavy (non-hydrogen) atoms. The van der Waals surface area contributed by atoms with Crippen LogP contribution in [0.4, 0.5) is 11.4 Å². The van der Waals surface area contributed by atoms with Gasteiger partial charge in [-0.3, -0.25) is 20.2 Å². The summed E-state index contributed by atoms with van der Waals surface area (Å²) in [5.74, 6) is -0.948. The van der Waals surface area contributed by atoms with Crippen molar-refractivity contribution in [1.82, 2.24) is 0 Å². The van der Waals surface area contributed by atoms with Gasteiger partial charge >= 0.3 is 11.9 Å². The van der Waals surface area contributed by atoms with Gasteiger partial charge in [-0.1, -0.05) is 44.9 Å². The molecule has 0 aromatic heterocycles. The fourth-order valence-electron chi connectivity index (χ4n) is 3.38. The van der Waals surface area contributed by atoms with Crippen LogP contribution in [-0.4, -0.2) is 35.0 Å². The van der Waals surface area contributed by atoms with Crippen LogP contribution >= 0.6 is 0 Å². The lowest BCUT2D eigenvalue weighted by Gasteiger charge is -2.06. The lowest BCUT2D eigenvalue weighted by Crippen LogP contribution is -2.06. The van der Waals surface area contributed by atoms with Crippen molar-refractivity contribution < 1.29 is 28.9 Å². The van der Waals surface area contributed by atoms with Crippen LogP contribution in [0, 0.1) is 20.2 Å². The Labute approximate surface area is 203 Å². The molecule has 0 saturated heterocycles. The molecule has 0 heterocycles. The molecule has 0 aliphatic heterocycles. The molecule has 0 amide bonds. The van der Waals surface area contributed by atoms with Gasteiger partial charge in [-0.25, -0.2) is 9.59 Å². The number of hydrogen-bond acceptors (Lipinski definition) is 8. The largest absolute Gasteiger partial charge is 0.462 e. The van der Waals surface area contributed by atoms with Crippen molar-refractivity contribution in [2.24, 2.45) is 0 Å². The Hall–Kier alpha value is -3.82. The number of carbonyl (C=O) groups excluding carboxylic acids is 2. The van der Waals surface area contributed by atoms with E-state index in [2.05, 4.69) is 0 Å². The molecule has 10 heteroatoms. The zero-order valence-electron chi connectivity index (χ0n) is 19.6. The van der Waals surface area contributed by atoms with E-state index < -0.39 is 21.8 Å². The predicted molar refractivity (Wildman–Crippen MR) is 128 cm³/mol. The number of nitro benzene ring substituents is 2. The van der Waals surface area contributed by atoms with E-state index in [4.69, 9.17) is 9.47 Å². The first-order valence-electron chi connectivity index (χ1n) is 11.7. The molecule has 0 bridgehead atoms. The zero-order chi connectivity index (χ0) is 25.5. The van der Waals surface area contributed by atoms with Crippen LogP contribution in [0.1, 0.15) is 78.5 Å². The molecule has 0 radical (unpaired) electrons. The second-order valence-electron chi connectivity index (χ2n) is 8.06. The predicted octanol–water partition coefficient (Wildman–Crippen LogP) is 6.03. The molecule has 0 atom stereocenters. The first kappa shape index (κ1) is 27.4. The van der Waals surface area contributed by atoms with E-state index in [1.807, 2.05) is 0 Å². The van der Waals surface area contributed by atoms with Gasteiger partial charge in [0.05, 0.1) is 34.2 Å². The summed E-state index contributed by atoms with van der Waals surface area (Å²) in [6.07, 6.45) is 8.92. The SMILES string of the molecule is O=C(OCCCCCCCCCCCOC(=O)c1ccc([N+](=O)[O-])cc1)c1ccc([N+](=O)[O-])cc1. The van der Waals surface area contributed by atoms with Crippen molar-refractivity contribution in [3.8, 4) is 0 Å². The fourth-order valence-corrected chi connectivity index (χ4v) is 3.38. The molecule has 0 fully saturated rings. The third kappa shape index (κ3) is 10.3. The molecule has 0 spiro atoms. The van der Waals surface area contributed by atoms with E-state index >= 15 is 0 Å². The Morgan fingerprint density at radius 3 is 1.11 bits per heavy atom. The van der Waals surface area contributed by atoms with Gasteiger partial charge in [0.25, 0.3) is 11.4 Å². The summed E-state index contributed by atoms with van der Waals surface area (Å²) in [4.78, 5) is 44.0. The maximum Gasteiger partial charge on any atom is 0.338 e.